The molecular formula is C16H25Cl2NO. The molecule has 0 aliphatic heterocycles. The van der Waals surface area contributed by atoms with Crippen LogP contribution in [0.15, 0.2) is 18.2 Å². The second-order valence-electron chi connectivity index (χ2n) is 5.19. The summed E-state index contributed by atoms with van der Waals surface area (Å²) in [5.74, 6) is 0. The highest BCUT2D eigenvalue weighted by Gasteiger charge is 2.16. The highest BCUT2D eigenvalue weighted by Crippen LogP contribution is 2.27. The Morgan fingerprint density at radius 1 is 1.10 bits per heavy atom. The van der Waals surface area contributed by atoms with Gasteiger partial charge in [-0.3, -0.25) is 0 Å². The highest BCUT2D eigenvalue weighted by molar-refractivity contribution is 6.35. The molecule has 0 heterocycles. The molecule has 1 aromatic rings. The Hall–Kier alpha value is -0.280. The van der Waals surface area contributed by atoms with Gasteiger partial charge in [0, 0.05) is 22.2 Å². The van der Waals surface area contributed by atoms with Gasteiger partial charge in [0.25, 0.3) is 0 Å². The van der Waals surface area contributed by atoms with Crippen molar-refractivity contribution in [3.8, 4) is 0 Å². The van der Waals surface area contributed by atoms with Gasteiger partial charge in [-0.15, -0.1) is 0 Å². The molecule has 0 saturated heterocycles. The van der Waals surface area contributed by atoms with Crippen LogP contribution in [0.25, 0.3) is 0 Å². The topological polar surface area (TPSA) is 23.5 Å². The molecule has 0 unspecified atom stereocenters. The lowest BCUT2D eigenvalue weighted by atomic mass is 10.1. The SMILES string of the molecule is CCCCN(CCCC)C[C@@H](O)c1ccc(Cl)cc1Cl. The van der Waals surface area contributed by atoms with Gasteiger partial charge in [0.2, 0.25) is 0 Å². The van der Waals surface area contributed by atoms with Crippen LogP contribution in [0.1, 0.15) is 51.2 Å². The van der Waals surface area contributed by atoms with Crippen LogP contribution < -0.4 is 0 Å². The van der Waals surface area contributed by atoms with Crippen molar-refractivity contribution in [2.45, 2.75) is 45.6 Å². The number of halogens is 2. The zero-order chi connectivity index (χ0) is 15.0. The maximum atomic E-state index is 10.4. The van der Waals surface area contributed by atoms with Gasteiger partial charge in [0.05, 0.1) is 6.10 Å². The molecule has 4 heteroatoms. The third kappa shape index (κ3) is 6.01. The van der Waals surface area contributed by atoms with Gasteiger partial charge in [0.15, 0.2) is 0 Å². The monoisotopic (exact) mass is 317 g/mol. The van der Waals surface area contributed by atoms with Gasteiger partial charge in [-0.1, -0.05) is 56.0 Å². The average molecular weight is 318 g/mol. The molecule has 0 amide bonds. The van der Waals surface area contributed by atoms with Crippen LogP contribution in [-0.4, -0.2) is 29.6 Å². The lowest BCUT2D eigenvalue weighted by Gasteiger charge is -2.25. The summed E-state index contributed by atoms with van der Waals surface area (Å²) < 4.78 is 0. The quantitative estimate of drug-likeness (QED) is 0.698. The molecule has 1 atom stereocenters. The molecule has 0 aliphatic carbocycles. The summed E-state index contributed by atoms with van der Waals surface area (Å²) in [6.45, 7) is 7.05. The van der Waals surface area contributed by atoms with Gasteiger partial charge in [-0.25, -0.2) is 0 Å². The highest BCUT2D eigenvalue weighted by atomic mass is 35.5. The molecule has 0 radical (unpaired) electrons. The number of rotatable bonds is 9. The molecule has 0 fully saturated rings. The van der Waals surface area contributed by atoms with Crippen molar-refractivity contribution < 1.29 is 5.11 Å². The van der Waals surface area contributed by atoms with Gasteiger partial charge < -0.3 is 10.0 Å². The van der Waals surface area contributed by atoms with Crippen molar-refractivity contribution in [3.05, 3.63) is 33.8 Å². The summed E-state index contributed by atoms with van der Waals surface area (Å²) >= 11 is 12.0. The largest absolute Gasteiger partial charge is 0.387 e. The lowest BCUT2D eigenvalue weighted by Crippen LogP contribution is -2.30. The molecule has 20 heavy (non-hydrogen) atoms. The molecule has 1 rings (SSSR count). The van der Waals surface area contributed by atoms with Gasteiger partial charge >= 0.3 is 0 Å². The maximum absolute atomic E-state index is 10.4. The van der Waals surface area contributed by atoms with E-state index in [0.29, 0.717) is 16.6 Å². The molecule has 0 aliphatic rings. The number of hydrogen-bond donors (Lipinski definition) is 1. The first kappa shape index (κ1) is 17.8. The molecule has 1 N–H and O–H groups in total. The zero-order valence-electron chi connectivity index (χ0n) is 12.4. The van der Waals surface area contributed by atoms with Crippen LogP contribution in [0.4, 0.5) is 0 Å². The maximum Gasteiger partial charge on any atom is 0.0931 e. The van der Waals surface area contributed by atoms with Crippen LogP contribution in [0.5, 0.6) is 0 Å². The van der Waals surface area contributed by atoms with Crippen molar-refractivity contribution >= 4 is 23.2 Å². The van der Waals surface area contributed by atoms with Gasteiger partial charge in [-0.2, -0.15) is 0 Å². The number of aliphatic hydroxyl groups is 1. The van der Waals surface area contributed by atoms with E-state index < -0.39 is 6.10 Å². The van der Waals surface area contributed by atoms with Crippen molar-refractivity contribution in [2.75, 3.05) is 19.6 Å². The third-order valence-electron chi connectivity index (χ3n) is 3.41. The van der Waals surface area contributed by atoms with Crippen molar-refractivity contribution in [2.24, 2.45) is 0 Å². The minimum Gasteiger partial charge on any atom is -0.387 e. The van der Waals surface area contributed by atoms with E-state index in [9.17, 15) is 5.11 Å². The normalized spacial score (nSPS) is 12.9. The number of unbranched alkanes of at least 4 members (excludes halogenated alkanes) is 2. The number of hydrogen-bond acceptors (Lipinski definition) is 2. The van der Waals surface area contributed by atoms with E-state index in [-0.39, 0.29) is 0 Å². The standard InChI is InChI=1S/C16H25Cl2NO/c1-3-5-9-19(10-6-4-2)12-16(20)14-8-7-13(17)11-15(14)18/h7-8,11,16,20H,3-6,9-10,12H2,1-2H3/t16-/m1/s1. The zero-order valence-corrected chi connectivity index (χ0v) is 13.9. The first-order valence-corrected chi connectivity index (χ1v) is 8.19. The second-order valence-corrected chi connectivity index (χ2v) is 6.03. The summed E-state index contributed by atoms with van der Waals surface area (Å²) in [4.78, 5) is 2.32. The Morgan fingerprint density at radius 2 is 1.70 bits per heavy atom. The molecule has 0 spiro atoms. The molecule has 2 nitrogen and oxygen atoms in total. The number of benzene rings is 1. The van der Waals surface area contributed by atoms with E-state index >= 15 is 0 Å². The predicted octanol–water partition coefficient (Wildman–Crippen LogP) is 4.93. The fourth-order valence-corrected chi connectivity index (χ4v) is 2.71. The molecule has 0 saturated carbocycles. The summed E-state index contributed by atoms with van der Waals surface area (Å²) in [6, 6.07) is 5.27. The Bertz CT molecular complexity index is 390. The van der Waals surface area contributed by atoms with Crippen molar-refractivity contribution in [3.63, 3.8) is 0 Å². The van der Waals surface area contributed by atoms with Crippen LogP contribution in [-0.2, 0) is 0 Å². The first-order chi connectivity index (χ1) is 9.58. The van der Waals surface area contributed by atoms with Crippen LogP contribution in [0, 0.1) is 0 Å². The van der Waals surface area contributed by atoms with Crippen molar-refractivity contribution in [1.82, 2.24) is 4.90 Å². The Balaban J connectivity index is 2.65. The van der Waals surface area contributed by atoms with Crippen molar-refractivity contribution in [1.29, 1.82) is 0 Å². The van der Waals surface area contributed by atoms with Gasteiger partial charge in [-0.05, 0) is 38.1 Å². The average Bonchev–Trinajstić information content (AvgIpc) is 2.41. The Kier molecular flexibility index (Phi) is 8.55. The van der Waals surface area contributed by atoms with E-state index in [1.165, 1.54) is 12.8 Å². The smallest absolute Gasteiger partial charge is 0.0931 e. The van der Waals surface area contributed by atoms with E-state index in [1.807, 2.05) is 6.07 Å². The summed E-state index contributed by atoms with van der Waals surface area (Å²) in [6.07, 6.45) is 4.09. The van der Waals surface area contributed by atoms with E-state index in [2.05, 4.69) is 18.7 Å². The Labute approximate surface area is 132 Å². The summed E-state index contributed by atoms with van der Waals surface area (Å²) in [5.41, 5.74) is 0.758. The summed E-state index contributed by atoms with van der Waals surface area (Å²) in [7, 11) is 0. The Morgan fingerprint density at radius 3 is 2.20 bits per heavy atom. The van der Waals surface area contributed by atoms with Crippen LogP contribution in [0.3, 0.4) is 0 Å². The molecule has 114 valence electrons. The number of nitrogens with zero attached hydrogens (tertiary/aromatic N) is 1. The van der Waals surface area contributed by atoms with Gasteiger partial charge in [0.1, 0.15) is 0 Å². The van der Waals surface area contributed by atoms with E-state index in [1.54, 1.807) is 12.1 Å². The predicted molar refractivity (Wildman–Crippen MR) is 87.7 cm³/mol. The molecule has 1 aromatic carbocycles. The van der Waals surface area contributed by atoms with Crippen LogP contribution >= 0.6 is 23.2 Å². The number of aliphatic hydroxyl groups excluding tert-OH is 1. The minimum atomic E-state index is -0.562. The van der Waals surface area contributed by atoms with Crippen LogP contribution in [0.2, 0.25) is 10.0 Å². The molecule has 0 bridgehead atoms. The lowest BCUT2D eigenvalue weighted by molar-refractivity contribution is 0.111. The van der Waals surface area contributed by atoms with E-state index in [0.717, 1.165) is 31.5 Å². The molecule has 0 aromatic heterocycles. The fourth-order valence-electron chi connectivity index (χ4n) is 2.17. The van der Waals surface area contributed by atoms with E-state index in [4.69, 9.17) is 23.2 Å². The molecular weight excluding hydrogens is 293 g/mol. The minimum absolute atomic E-state index is 0.538. The fraction of sp³-hybridized carbons (Fsp3) is 0.625. The second kappa shape index (κ2) is 9.62. The third-order valence-corrected chi connectivity index (χ3v) is 3.97. The first-order valence-electron chi connectivity index (χ1n) is 7.43. The summed E-state index contributed by atoms with van der Waals surface area (Å²) in [5, 5.41) is 11.5.